The Kier molecular flexibility index (Phi) is 5.26. The molecule has 3 heteroatoms. The second-order valence-electron chi connectivity index (χ2n) is 5.40. The summed E-state index contributed by atoms with van der Waals surface area (Å²) in [7, 11) is 1.70. The molecular formula is C16H22ClNO. The van der Waals surface area contributed by atoms with Crippen LogP contribution in [0.3, 0.4) is 0 Å². The average molecular weight is 280 g/mol. The van der Waals surface area contributed by atoms with Crippen LogP contribution in [0.15, 0.2) is 24.3 Å². The van der Waals surface area contributed by atoms with Gasteiger partial charge in [-0.3, -0.25) is 4.79 Å². The minimum atomic E-state index is 0.107. The standard InChI is InChI=1S/C16H22ClNO/c1-18-16(19)11-14(12-7-3-2-4-8-12)13-9-5-6-10-15(13)17/h5-6,9-10,12,14H,2-4,7-8,11H2,1H3,(H,18,19). The van der Waals surface area contributed by atoms with Crippen LogP contribution in [0.4, 0.5) is 0 Å². The molecule has 104 valence electrons. The highest BCUT2D eigenvalue weighted by molar-refractivity contribution is 6.31. The van der Waals surface area contributed by atoms with Crippen LogP contribution >= 0.6 is 11.6 Å². The van der Waals surface area contributed by atoms with Gasteiger partial charge in [0.15, 0.2) is 0 Å². The zero-order valence-electron chi connectivity index (χ0n) is 11.5. The van der Waals surface area contributed by atoms with Crippen molar-refractivity contribution in [1.29, 1.82) is 0 Å². The van der Waals surface area contributed by atoms with E-state index in [0.717, 1.165) is 10.6 Å². The lowest BCUT2D eigenvalue weighted by molar-refractivity contribution is -0.121. The predicted molar refractivity (Wildman–Crippen MR) is 79.5 cm³/mol. The fraction of sp³-hybridized carbons (Fsp3) is 0.562. The average Bonchev–Trinajstić information content (AvgIpc) is 2.46. The monoisotopic (exact) mass is 279 g/mol. The van der Waals surface area contributed by atoms with Crippen LogP contribution in [-0.2, 0) is 4.79 Å². The molecule has 0 radical (unpaired) electrons. The predicted octanol–water partition coefficient (Wildman–Crippen LogP) is 4.14. The molecule has 0 spiro atoms. The van der Waals surface area contributed by atoms with E-state index in [4.69, 9.17) is 11.6 Å². The van der Waals surface area contributed by atoms with Crippen molar-refractivity contribution in [2.24, 2.45) is 5.92 Å². The minimum absolute atomic E-state index is 0.107. The summed E-state index contributed by atoms with van der Waals surface area (Å²) in [5.41, 5.74) is 1.14. The van der Waals surface area contributed by atoms with Crippen LogP contribution < -0.4 is 5.32 Å². The zero-order chi connectivity index (χ0) is 13.7. The van der Waals surface area contributed by atoms with Crippen molar-refractivity contribution in [1.82, 2.24) is 5.32 Å². The van der Waals surface area contributed by atoms with E-state index in [0.29, 0.717) is 12.3 Å². The molecule has 1 aromatic rings. The lowest BCUT2D eigenvalue weighted by atomic mass is 9.75. The van der Waals surface area contributed by atoms with Crippen molar-refractivity contribution < 1.29 is 4.79 Å². The quantitative estimate of drug-likeness (QED) is 0.882. The molecule has 1 aliphatic rings. The van der Waals surface area contributed by atoms with Crippen LogP contribution in [0, 0.1) is 5.92 Å². The molecule has 19 heavy (non-hydrogen) atoms. The highest BCUT2D eigenvalue weighted by atomic mass is 35.5. The Morgan fingerprint density at radius 3 is 2.63 bits per heavy atom. The summed E-state index contributed by atoms with van der Waals surface area (Å²) in [5.74, 6) is 0.954. The molecular weight excluding hydrogens is 258 g/mol. The largest absolute Gasteiger partial charge is 0.359 e. The van der Waals surface area contributed by atoms with Gasteiger partial charge in [-0.1, -0.05) is 49.1 Å². The third-order valence-corrected chi connectivity index (χ3v) is 4.55. The molecule has 1 atom stereocenters. The van der Waals surface area contributed by atoms with E-state index < -0.39 is 0 Å². The number of carbonyl (C=O) groups excluding carboxylic acids is 1. The Bertz CT molecular complexity index is 427. The van der Waals surface area contributed by atoms with Gasteiger partial charge in [-0.25, -0.2) is 0 Å². The number of hydrogen-bond acceptors (Lipinski definition) is 1. The van der Waals surface area contributed by atoms with E-state index in [1.54, 1.807) is 7.05 Å². The van der Waals surface area contributed by atoms with Crippen molar-refractivity contribution in [3.05, 3.63) is 34.9 Å². The zero-order valence-corrected chi connectivity index (χ0v) is 12.2. The van der Waals surface area contributed by atoms with Crippen LogP contribution in [0.2, 0.25) is 5.02 Å². The summed E-state index contributed by atoms with van der Waals surface area (Å²) in [5, 5.41) is 3.54. The van der Waals surface area contributed by atoms with E-state index in [-0.39, 0.29) is 11.8 Å². The van der Waals surface area contributed by atoms with E-state index in [1.165, 1.54) is 32.1 Å². The maximum Gasteiger partial charge on any atom is 0.220 e. The third-order valence-electron chi connectivity index (χ3n) is 4.21. The van der Waals surface area contributed by atoms with Gasteiger partial charge in [-0.2, -0.15) is 0 Å². The molecule has 1 aliphatic carbocycles. The summed E-state index contributed by atoms with van der Waals surface area (Å²) < 4.78 is 0. The minimum Gasteiger partial charge on any atom is -0.359 e. The Morgan fingerprint density at radius 2 is 2.00 bits per heavy atom. The molecule has 2 rings (SSSR count). The number of benzene rings is 1. The maximum absolute atomic E-state index is 11.8. The van der Waals surface area contributed by atoms with Gasteiger partial charge in [-0.05, 0) is 36.3 Å². The highest BCUT2D eigenvalue weighted by Gasteiger charge is 2.28. The van der Waals surface area contributed by atoms with Crippen LogP contribution in [-0.4, -0.2) is 13.0 Å². The first-order valence-corrected chi connectivity index (χ1v) is 7.55. The number of carbonyl (C=O) groups is 1. The van der Waals surface area contributed by atoms with Gasteiger partial charge in [0, 0.05) is 18.5 Å². The van der Waals surface area contributed by atoms with Gasteiger partial charge in [0.2, 0.25) is 5.91 Å². The molecule has 0 aliphatic heterocycles. The van der Waals surface area contributed by atoms with Crippen molar-refractivity contribution in [2.45, 2.75) is 44.4 Å². The van der Waals surface area contributed by atoms with Crippen molar-refractivity contribution in [3.8, 4) is 0 Å². The molecule has 0 saturated heterocycles. The number of rotatable bonds is 4. The van der Waals surface area contributed by atoms with Gasteiger partial charge < -0.3 is 5.32 Å². The first-order chi connectivity index (χ1) is 9.22. The molecule has 1 aromatic carbocycles. The summed E-state index contributed by atoms with van der Waals surface area (Å²) in [6.07, 6.45) is 6.86. The van der Waals surface area contributed by atoms with Crippen molar-refractivity contribution in [2.75, 3.05) is 7.05 Å². The molecule has 1 unspecified atom stereocenters. The van der Waals surface area contributed by atoms with Crippen LogP contribution in [0.5, 0.6) is 0 Å². The molecule has 1 fully saturated rings. The number of hydrogen-bond donors (Lipinski definition) is 1. The Balaban J connectivity index is 2.22. The van der Waals surface area contributed by atoms with Gasteiger partial charge >= 0.3 is 0 Å². The molecule has 1 N–H and O–H groups in total. The lowest BCUT2D eigenvalue weighted by Crippen LogP contribution is -2.25. The second-order valence-corrected chi connectivity index (χ2v) is 5.81. The van der Waals surface area contributed by atoms with E-state index >= 15 is 0 Å². The third kappa shape index (κ3) is 3.73. The molecule has 2 nitrogen and oxygen atoms in total. The topological polar surface area (TPSA) is 29.1 Å². The number of nitrogens with one attached hydrogen (secondary N) is 1. The Morgan fingerprint density at radius 1 is 1.32 bits per heavy atom. The summed E-state index contributed by atoms with van der Waals surface area (Å²) in [6, 6.07) is 7.96. The van der Waals surface area contributed by atoms with E-state index in [1.807, 2.05) is 18.2 Å². The smallest absolute Gasteiger partial charge is 0.220 e. The van der Waals surface area contributed by atoms with Gasteiger partial charge in [-0.15, -0.1) is 0 Å². The van der Waals surface area contributed by atoms with E-state index in [2.05, 4.69) is 11.4 Å². The Labute approximate surface area is 120 Å². The Hall–Kier alpha value is -1.02. The first-order valence-electron chi connectivity index (χ1n) is 7.17. The normalized spacial score (nSPS) is 18.0. The molecule has 1 amide bonds. The van der Waals surface area contributed by atoms with Crippen molar-refractivity contribution >= 4 is 17.5 Å². The fourth-order valence-corrected chi connectivity index (χ4v) is 3.42. The number of halogens is 1. The van der Waals surface area contributed by atoms with Gasteiger partial charge in [0.05, 0.1) is 0 Å². The highest BCUT2D eigenvalue weighted by Crippen LogP contribution is 2.40. The van der Waals surface area contributed by atoms with Gasteiger partial charge in [0.1, 0.15) is 0 Å². The molecule has 1 saturated carbocycles. The number of amides is 1. The van der Waals surface area contributed by atoms with Crippen LogP contribution in [0.25, 0.3) is 0 Å². The lowest BCUT2D eigenvalue weighted by Gasteiger charge is -2.30. The molecule has 0 bridgehead atoms. The SMILES string of the molecule is CNC(=O)CC(c1ccccc1Cl)C1CCCCC1. The van der Waals surface area contributed by atoms with Crippen LogP contribution in [0.1, 0.15) is 50.0 Å². The van der Waals surface area contributed by atoms with Crippen molar-refractivity contribution in [3.63, 3.8) is 0 Å². The molecule has 0 aromatic heterocycles. The van der Waals surface area contributed by atoms with Gasteiger partial charge in [0.25, 0.3) is 0 Å². The summed E-state index contributed by atoms with van der Waals surface area (Å²) >= 11 is 6.33. The van der Waals surface area contributed by atoms with E-state index in [9.17, 15) is 4.79 Å². The molecule has 0 heterocycles. The summed E-state index contributed by atoms with van der Waals surface area (Å²) in [6.45, 7) is 0. The second kappa shape index (κ2) is 6.95. The summed E-state index contributed by atoms with van der Waals surface area (Å²) in [4.78, 5) is 11.8. The first kappa shape index (κ1) is 14.4. The maximum atomic E-state index is 11.8. The fourth-order valence-electron chi connectivity index (χ4n) is 3.14.